The van der Waals surface area contributed by atoms with Crippen molar-refractivity contribution in [3.05, 3.63) is 36.4 Å². The van der Waals surface area contributed by atoms with Crippen LogP contribution in [-0.2, 0) is 20.9 Å². The number of para-hydroxylation sites is 2. The van der Waals surface area contributed by atoms with E-state index in [9.17, 15) is 14.4 Å². The molecule has 1 aliphatic heterocycles. The maximum absolute atomic E-state index is 12.6. The molecule has 0 bridgehead atoms. The summed E-state index contributed by atoms with van der Waals surface area (Å²) in [6.07, 6.45) is 5.90. The van der Waals surface area contributed by atoms with Gasteiger partial charge in [-0.15, -0.1) is 0 Å². The van der Waals surface area contributed by atoms with E-state index < -0.39 is 5.91 Å². The fraction of sp³-hybridized carbons (Fsp3) is 0.400. The highest BCUT2D eigenvalue weighted by atomic mass is 16.2. The monoisotopic (exact) mass is 366 g/mol. The zero-order chi connectivity index (χ0) is 19.0. The average Bonchev–Trinajstić information content (AvgIpc) is 3.13. The number of anilines is 1. The van der Waals surface area contributed by atoms with Gasteiger partial charge in [-0.05, 0) is 31.4 Å². The van der Waals surface area contributed by atoms with Crippen LogP contribution in [0.5, 0.6) is 0 Å². The van der Waals surface area contributed by atoms with Crippen molar-refractivity contribution in [1.82, 2.24) is 14.5 Å². The first kappa shape index (κ1) is 17.5. The van der Waals surface area contributed by atoms with E-state index in [1.54, 1.807) is 0 Å². The molecule has 2 atom stereocenters. The molecule has 0 unspecified atom stereocenters. The summed E-state index contributed by atoms with van der Waals surface area (Å²) in [4.78, 5) is 43.2. The van der Waals surface area contributed by atoms with Crippen LogP contribution in [0.3, 0.4) is 0 Å². The summed E-state index contributed by atoms with van der Waals surface area (Å²) < 4.78 is 1.95. The molecule has 0 saturated carbocycles. The van der Waals surface area contributed by atoms with Gasteiger partial charge in [0.1, 0.15) is 6.54 Å². The zero-order valence-corrected chi connectivity index (χ0v) is 15.2. The van der Waals surface area contributed by atoms with Gasteiger partial charge < -0.3 is 4.57 Å². The molecule has 2 heterocycles. The number of benzene rings is 1. The summed E-state index contributed by atoms with van der Waals surface area (Å²) in [5.41, 5.74) is 1.74. The minimum absolute atomic E-state index is 0.244. The maximum Gasteiger partial charge on any atom is 0.246 e. The number of carbonyl (C=O) groups is 3. The number of imide groups is 1. The van der Waals surface area contributed by atoms with E-state index in [0.29, 0.717) is 25.3 Å². The Morgan fingerprint density at radius 1 is 1.15 bits per heavy atom. The molecule has 7 nitrogen and oxygen atoms in total. The molecule has 0 radical (unpaired) electrons. The van der Waals surface area contributed by atoms with Gasteiger partial charge in [-0.25, -0.2) is 4.98 Å². The lowest BCUT2D eigenvalue weighted by Crippen LogP contribution is -2.38. The number of carbonyl (C=O) groups excluding carboxylic acids is 3. The third-order valence-electron chi connectivity index (χ3n) is 5.25. The highest BCUT2D eigenvalue weighted by Crippen LogP contribution is 2.34. The van der Waals surface area contributed by atoms with Crippen LogP contribution in [0.2, 0.25) is 0 Å². The van der Waals surface area contributed by atoms with Crippen LogP contribution >= 0.6 is 0 Å². The lowest BCUT2D eigenvalue weighted by Gasteiger charge is -2.15. The van der Waals surface area contributed by atoms with Gasteiger partial charge in [0.2, 0.25) is 23.7 Å². The minimum atomic E-state index is -0.407. The Morgan fingerprint density at radius 2 is 1.81 bits per heavy atom. The molecule has 2 aromatic rings. The largest absolute Gasteiger partial charge is 0.310 e. The van der Waals surface area contributed by atoms with Crippen molar-refractivity contribution in [3.8, 4) is 0 Å². The van der Waals surface area contributed by atoms with Crippen LogP contribution in [0.15, 0.2) is 36.4 Å². The van der Waals surface area contributed by atoms with Gasteiger partial charge in [0.05, 0.1) is 22.9 Å². The predicted molar refractivity (Wildman–Crippen MR) is 101 cm³/mol. The van der Waals surface area contributed by atoms with E-state index in [1.165, 1.54) is 0 Å². The normalized spacial score (nSPS) is 21.7. The lowest BCUT2D eigenvalue weighted by atomic mass is 9.85. The minimum Gasteiger partial charge on any atom is -0.310 e. The van der Waals surface area contributed by atoms with E-state index in [-0.39, 0.29) is 30.2 Å². The number of amides is 3. The summed E-state index contributed by atoms with van der Waals surface area (Å²) in [5, 5.41) is 2.79. The maximum atomic E-state index is 12.6. The Balaban J connectivity index is 1.52. The van der Waals surface area contributed by atoms with Gasteiger partial charge in [-0.1, -0.05) is 31.2 Å². The highest BCUT2D eigenvalue weighted by Gasteiger charge is 2.47. The number of aromatic nitrogens is 2. The Bertz CT molecular complexity index is 920. The number of rotatable bonds is 5. The lowest BCUT2D eigenvalue weighted by molar-refractivity contribution is -0.142. The number of hydrogen-bond donors (Lipinski definition) is 1. The smallest absolute Gasteiger partial charge is 0.246 e. The number of aryl methyl sites for hydroxylation is 1. The van der Waals surface area contributed by atoms with Crippen molar-refractivity contribution in [2.24, 2.45) is 11.8 Å². The first-order valence-corrected chi connectivity index (χ1v) is 9.35. The summed E-state index contributed by atoms with van der Waals surface area (Å²) in [6, 6.07) is 7.68. The number of nitrogens with one attached hydrogen (secondary N) is 1. The molecule has 3 amide bonds. The summed E-state index contributed by atoms with van der Waals surface area (Å²) in [7, 11) is 0. The van der Waals surface area contributed by atoms with Crippen molar-refractivity contribution in [2.45, 2.75) is 32.7 Å². The Morgan fingerprint density at radius 3 is 2.48 bits per heavy atom. The number of allylic oxidation sites excluding steroid dienone is 2. The quantitative estimate of drug-likeness (QED) is 0.650. The van der Waals surface area contributed by atoms with Crippen molar-refractivity contribution in [2.75, 3.05) is 11.9 Å². The summed E-state index contributed by atoms with van der Waals surface area (Å²) >= 11 is 0. The SMILES string of the molecule is CCCn1c(NC(=O)CN2C(=O)[C@H]3CC=CC[C@@H]3C2=O)nc2ccccc21. The summed E-state index contributed by atoms with van der Waals surface area (Å²) in [6.45, 7) is 2.51. The second kappa shape index (κ2) is 6.98. The third kappa shape index (κ3) is 3.03. The second-order valence-corrected chi connectivity index (χ2v) is 7.04. The fourth-order valence-electron chi connectivity index (χ4n) is 3.95. The van der Waals surface area contributed by atoms with Gasteiger partial charge >= 0.3 is 0 Å². The van der Waals surface area contributed by atoms with Gasteiger partial charge in [-0.2, -0.15) is 0 Å². The second-order valence-electron chi connectivity index (χ2n) is 7.04. The first-order valence-electron chi connectivity index (χ1n) is 9.35. The molecule has 1 aromatic heterocycles. The standard InChI is InChI=1S/C20H22N4O3/c1-2-11-23-16-10-6-5-9-15(16)21-20(23)22-17(25)12-24-18(26)13-7-3-4-8-14(13)19(24)27/h3-6,9-10,13-14H,2,7-8,11-12H2,1H3,(H,21,22,25)/t13-,14-/m0/s1. The number of hydrogen-bond acceptors (Lipinski definition) is 4. The number of nitrogens with zero attached hydrogens (tertiary/aromatic N) is 3. The first-order chi connectivity index (χ1) is 13.1. The van der Waals surface area contributed by atoms with Crippen molar-refractivity contribution >= 4 is 34.7 Å². The Kier molecular flexibility index (Phi) is 4.51. The van der Waals surface area contributed by atoms with E-state index in [0.717, 1.165) is 22.4 Å². The van der Waals surface area contributed by atoms with Gasteiger partial charge in [0.15, 0.2) is 0 Å². The molecule has 1 fully saturated rings. The van der Waals surface area contributed by atoms with Gasteiger partial charge in [-0.3, -0.25) is 24.6 Å². The van der Waals surface area contributed by atoms with Crippen LogP contribution in [0.1, 0.15) is 26.2 Å². The summed E-state index contributed by atoms with van der Waals surface area (Å²) in [5.74, 6) is -1.09. The zero-order valence-electron chi connectivity index (χ0n) is 15.2. The molecular formula is C20H22N4O3. The Labute approximate surface area is 157 Å². The number of likely N-dealkylation sites (tertiary alicyclic amines) is 1. The number of imidazole rings is 1. The van der Waals surface area contributed by atoms with Crippen LogP contribution in [0, 0.1) is 11.8 Å². The van der Waals surface area contributed by atoms with Crippen molar-refractivity contribution in [1.29, 1.82) is 0 Å². The van der Waals surface area contributed by atoms with Crippen LogP contribution in [0.25, 0.3) is 11.0 Å². The topological polar surface area (TPSA) is 84.3 Å². The molecular weight excluding hydrogens is 344 g/mol. The van der Waals surface area contributed by atoms with Crippen molar-refractivity contribution in [3.63, 3.8) is 0 Å². The molecule has 7 heteroatoms. The van der Waals surface area contributed by atoms with E-state index in [4.69, 9.17) is 0 Å². The Hall–Kier alpha value is -2.96. The van der Waals surface area contributed by atoms with Gasteiger partial charge in [0.25, 0.3) is 0 Å². The molecule has 2 aliphatic rings. The third-order valence-corrected chi connectivity index (χ3v) is 5.25. The predicted octanol–water partition coefficient (Wildman–Crippen LogP) is 2.34. The molecule has 0 spiro atoms. The fourth-order valence-corrected chi connectivity index (χ4v) is 3.95. The molecule has 1 saturated heterocycles. The molecule has 1 aromatic carbocycles. The molecule has 27 heavy (non-hydrogen) atoms. The number of fused-ring (bicyclic) bond motifs is 2. The van der Waals surface area contributed by atoms with Crippen LogP contribution in [0.4, 0.5) is 5.95 Å². The van der Waals surface area contributed by atoms with E-state index in [2.05, 4.69) is 17.2 Å². The molecule has 1 aliphatic carbocycles. The van der Waals surface area contributed by atoms with Crippen molar-refractivity contribution < 1.29 is 14.4 Å². The molecule has 1 N–H and O–H groups in total. The molecule has 140 valence electrons. The molecule has 4 rings (SSSR count). The van der Waals surface area contributed by atoms with E-state index in [1.807, 2.05) is 41.0 Å². The van der Waals surface area contributed by atoms with Crippen LogP contribution < -0.4 is 5.32 Å². The van der Waals surface area contributed by atoms with E-state index >= 15 is 0 Å². The van der Waals surface area contributed by atoms with Crippen LogP contribution in [-0.4, -0.2) is 38.7 Å². The highest BCUT2D eigenvalue weighted by molar-refractivity contribution is 6.08. The average molecular weight is 366 g/mol. The van der Waals surface area contributed by atoms with Gasteiger partial charge in [0, 0.05) is 6.54 Å².